The maximum Gasteiger partial charge on any atom is 0.254 e. The Hall–Kier alpha value is -3.26. The standard InChI is InChI=1S/C26H30N4O4/c1-17(2)30-25(33)21-6-4-3-5-20(21)22(23(31)28-19-15-34-16-19)26(30)9-13-29(14-10-26)24(32)18-7-11-27-12-8-18/h3-8,11-12,17,19,22H,9-10,13-16H2,1-2H3,(H,28,31). The molecule has 1 spiro atoms. The topological polar surface area (TPSA) is 91.8 Å². The predicted octanol–water partition coefficient (Wildman–Crippen LogP) is 2.22. The van der Waals surface area contributed by atoms with Crippen LogP contribution in [0.5, 0.6) is 0 Å². The Kier molecular flexibility index (Phi) is 5.85. The second-order valence-corrected chi connectivity index (χ2v) is 9.66. The quantitative estimate of drug-likeness (QED) is 0.752. The molecular weight excluding hydrogens is 432 g/mol. The molecule has 178 valence electrons. The van der Waals surface area contributed by atoms with Gasteiger partial charge in [0.05, 0.1) is 30.7 Å². The lowest BCUT2D eigenvalue weighted by Gasteiger charge is -2.56. The Labute approximate surface area is 199 Å². The fraction of sp³-hybridized carbons (Fsp3) is 0.462. The molecule has 0 radical (unpaired) electrons. The third kappa shape index (κ3) is 3.66. The molecule has 0 aliphatic carbocycles. The fourth-order valence-corrected chi connectivity index (χ4v) is 5.75. The number of likely N-dealkylation sites (tertiary alicyclic amines) is 1. The van der Waals surface area contributed by atoms with Crippen LogP contribution in [0.2, 0.25) is 0 Å². The van der Waals surface area contributed by atoms with E-state index in [0.717, 1.165) is 5.56 Å². The number of piperidine rings is 1. The first-order chi connectivity index (χ1) is 16.4. The summed E-state index contributed by atoms with van der Waals surface area (Å²) in [7, 11) is 0. The van der Waals surface area contributed by atoms with Crippen molar-refractivity contribution in [2.24, 2.45) is 0 Å². The van der Waals surface area contributed by atoms with Crippen molar-refractivity contribution in [3.63, 3.8) is 0 Å². The van der Waals surface area contributed by atoms with E-state index in [0.29, 0.717) is 50.3 Å². The van der Waals surface area contributed by atoms with E-state index >= 15 is 0 Å². The number of pyridine rings is 1. The van der Waals surface area contributed by atoms with Gasteiger partial charge in [0.2, 0.25) is 5.91 Å². The average molecular weight is 463 g/mol. The number of hydrogen-bond acceptors (Lipinski definition) is 5. The van der Waals surface area contributed by atoms with Gasteiger partial charge in [-0.25, -0.2) is 0 Å². The number of hydrogen-bond donors (Lipinski definition) is 1. The summed E-state index contributed by atoms with van der Waals surface area (Å²) in [6, 6.07) is 10.8. The molecule has 1 aromatic heterocycles. The van der Waals surface area contributed by atoms with Gasteiger partial charge in [-0.3, -0.25) is 19.4 Å². The van der Waals surface area contributed by atoms with Crippen molar-refractivity contribution in [3.8, 4) is 0 Å². The van der Waals surface area contributed by atoms with Gasteiger partial charge in [0.1, 0.15) is 0 Å². The minimum atomic E-state index is -0.705. The van der Waals surface area contributed by atoms with Crippen LogP contribution in [0.4, 0.5) is 0 Å². The van der Waals surface area contributed by atoms with Crippen LogP contribution in [0.1, 0.15) is 58.9 Å². The van der Waals surface area contributed by atoms with Gasteiger partial charge in [0, 0.05) is 42.7 Å². The van der Waals surface area contributed by atoms with Gasteiger partial charge in [0.25, 0.3) is 11.8 Å². The number of carbonyl (C=O) groups excluding carboxylic acids is 3. The fourth-order valence-electron chi connectivity index (χ4n) is 5.75. The summed E-state index contributed by atoms with van der Waals surface area (Å²) in [5, 5.41) is 3.14. The molecular formula is C26H30N4O4. The van der Waals surface area contributed by atoms with Crippen LogP contribution < -0.4 is 5.32 Å². The molecule has 2 aromatic rings. The SMILES string of the molecule is CC(C)N1C(=O)c2ccccc2C(C(=O)NC2COC2)C12CCN(C(=O)c1ccncc1)CC2. The monoisotopic (exact) mass is 462 g/mol. The molecule has 0 saturated carbocycles. The lowest BCUT2D eigenvalue weighted by Crippen LogP contribution is -2.68. The molecule has 3 aliphatic heterocycles. The zero-order chi connectivity index (χ0) is 23.9. The number of fused-ring (bicyclic) bond motifs is 1. The summed E-state index contributed by atoms with van der Waals surface area (Å²) in [5.74, 6) is -0.686. The number of amides is 3. The number of ether oxygens (including phenoxy) is 1. The first kappa shape index (κ1) is 22.5. The van der Waals surface area contributed by atoms with E-state index in [1.54, 1.807) is 24.5 Å². The second-order valence-electron chi connectivity index (χ2n) is 9.66. The van der Waals surface area contributed by atoms with E-state index in [1.165, 1.54) is 0 Å². The van der Waals surface area contributed by atoms with Gasteiger partial charge in [-0.15, -0.1) is 0 Å². The number of benzene rings is 1. The van der Waals surface area contributed by atoms with Gasteiger partial charge >= 0.3 is 0 Å². The van der Waals surface area contributed by atoms with Crippen molar-refractivity contribution in [1.82, 2.24) is 20.1 Å². The number of nitrogens with zero attached hydrogens (tertiary/aromatic N) is 3. The highest BCUT2D eigenvalue weighted by Crippen LogP contribution is 2.48. The van der Waals surface area contributed by atoms with Crippen LogP contribution >= 0.6 is 0 Å². The molecule has 1 N–H and O–H groups in total. The van der Waals surface area contributed by atoms with Crippen molar-refractivity contribution in [2.45, 2.75) is 50.2 Å². The van der Waals surface area contributed by atoms with Gasteiger partial charge in [-0.2, -0.15) is 0 Å². The summed E-state index contributed by atoms with van der Waals surface area (Å²) < 4.78 is 5.26. The molecule has 1 atom stereocenters. The molecule has 3 amide bonds. The third-order valence-corrected chi connectivity index (χ3v) is 7.34. The second kappa shape index (κ2) is 8.83. The predicted molar refractivity (Wildman–Crippen MR) is 125 cm³/mol. The first-order valence-corrected chi connectivity index (χ1v) is 11.9. The zero-order valence-electron chi connectivity index (χ0n) is 19.6. The van der Waals surface area contributed by atoms with Gasteiger partial charge in [-0.1, -0.05) is 18.2 Å². The largest absolute Gasteiger partial charge is 0.377 e. The molecule has 34 heavy (non-hydrogen) atoms. The van der Waals surface area contributed by atoms with Crippen LogP contribution in [0.3, 0.4) is 0 Å². The van der Waals surface area contributed by atoms with E-state index in [2.05, 4.69) is 10.3 Å². The summed E-state index contributed by atoms with van der Waals surface area (Å²) in [6.45, 7) is 5.95. The van der Waals surface area contributed by atoms with Crippen molar-refractivity contribution in [1.29, 1.82) is 0 Å². The lowest BCUT2D eigenvalue weighted by atomic mass is 9.66. The molecule has 3 aliphatic rings. The average Bonchev–Trinajstić information content (AvgIpc) is 2.82. The van der Waals surface area contributed by atoms with E-state index in [4.69, 9.17) is 4.74 Å². The van der Waals surface area contributed by atoms with E-state index < -0.39 is 11.5 Å². The normalized spacial score (nSPS) is 21.9. The van der Waals surface area contributed by atoms with Crippen molar-refractivity contribution in [2.75, 3.05) is 26.3 Å². The number of rotatable bonds is 4. The highest BCUT2D eigenvalue weighted by Gasteiger charge is 2.56. The molecule has 1 aromatic carbocycles. The lowest BCUT2D eigenvalue weighted by molar-refractivity contribution is -0.132. The third-order valence-electron chi connectivity index (χ3n) is 7.34. The number of aromatic nitrogens is 1. The minimum absolute atomic E-state index is 0.00445. The van der Waals surface area contributed by atoms with Crippen LogP contribution in [0.15, 0.2) is 48.8 Å². The Bertz CT molecular complexity index is 1090. The van der Waals surface area contributed by atoms with Crippen LogP contribution in [-0.4, -0.2) is 76.4 Å². The molecule has 4 heterocycles. The van der Waals surface area contributed by atoms with Gasteiger partial charge in [0.15, 0.2) is 0 Å². The van der Waals surface area contributed by atoms with Crippen molar-refractivity contribution >= 4 is 17.7 Å². The molecule has 8 heteroatoms. The summed E-state index contributed by atoms with van der Waals surface area (Å²) in [5.41, 5.74) is 1.25. The van der Waals surface area contributed by atoms with E-state index in [1.807, 2.05) is 47.9 Å². The Balaban J connectivity index is 1.51. The van der Waals surface area contributed by atoms with Crippen LogP contribution in [0, 0.1) is 0 Å². The molecule has 2 fully saturated rings. The highest BCUT2D eigenvalue weighted by atomic mass is 16.5. The Morgan fingerprint density at radius 2 is 1.76 bits per heavy atom. The molecule has 1 unspecified atom stereocenters. The van der Waals surface area contributed by atoms with Crippen molar-refractivity contribution in [3.05, 3.63) is 65.5 Å². The maximum absolute atomic E-state index is 13.8. The maximum atomic E-state index is 13.8. The molecule has 2 saturated heterocycles. The summed E-state index contributed by atoms with van der Waals surface area (Å²) >= 11 is 0. The van der Waals surface area contributed by atoms with Crippen LogP contribution in [0.25, 0.3) is 0 Å². The minimum Gasteiger partial charge on any atom is -0.377 e. The molecule has 8 nitrogen and oxygen atoms in total. The van der Waals surface area contributed by atoms with E-state index in [9.17, 15) is 14.4 Å². The van der Waals surface area contributed by atoms with Crippen molar-refractivity contribution < 1.29 is 19.1 Å². The number of carbonyl (C=O) groups is 3. The Morgan fingerprint density at radius 3 is 2.38 bits per heavy atom. The highest BCUT2D eigenvalue weighted by molar-refractivity contribution is 6.02. The molecule has 5 rings (SSSR count). The Morgan fingerprint density at radius 1 is 1.09 bits per heavy atom. The van der Waals surface area contributed by atoms with Gasteiger partial charge in [-0.05, 0) is 50.5 Å². The zero-order valence-corrected chi connectivity index (χ0v) is 19.6. The first-order valence-electron chi connectivity index (χ1n) is 11.9. The van der Waals surface area contributed by atoms with Crippen LogP contribution in [-0.2, 0) is 9.53 Å². The molecule has 0 bridgehead atoms. The smallest absolute Gasteiger partial charge is 0.254 e. The number of nitrogens with one attached hydrogen (secondary N) is 1. The van der Waals surface area contributed by atoms with Gasteiger partial charge < -0.3 is 19.9 Å². The summed E-state index contributed by atoms with van der Waals surface area (Å²) in [6.07, 6.45) is 4.28. The van der Waals surface area contributed by atoms with E-state index in [-0.39, 0.29) is 29.8 Å². The summed E-state index contributed by atoms with van der Waals surface area (Å²) in [4.78, 5) is 48.3.